The highest BCUT2D eigenvalue weighted by Gasteiger charge is 2.11. The molecule has 0 aliphatic carbocycles. The van der Waals surface area contributed by atoms with Crippen LogP contribution >= 0.6 is 11.6 Å². The Kier molecular flexibility index (Phi) is 5.72. The number of ether oxygens (including phenoxy) is 1. The molecular weight excluding hydrogens is 240 g/mol. The van der Waals surface area contributed by atoms with E-state index in [1.54, 1.807) is 0 Å². The third-order valence-electron chi connectivity index (χ3n) is 1.21. The van der Waals surface area contributed by atoms with E-state index in [2.05, 4.69) is 4.74 Å². The maximum atomic E-state index is 11.0. The smallest absolute Gasteiger partial charge is 0.341 e. The van der Waals surface area contributed by atoms with Gasteiger partial charge in [0.05, 0.1) is 0 Å². The van der Waals surface area contributed by atoms with Gasteiger partial charge in [-0.05, 0) is 18.5 Å². The number of esters is 2. The predicted molar refractivity (Wildman–Crippen MR) is 52.5 cm³/mol. The number of hydrogen-bond donors (Lipinski definition) is 1. The predicted octanol–water partition coefficient (Wildman–Crippen LogP) is 0.409. The Hall–Kier alpha value is -1.95. The van der Waals surface area contributed by atoms with Crippen LogP contribution in [0, 0.1) is 0 Å². The standard InChI is InChI=1S/C9H7ClO6/c1-5(4-7(12)13)9(15)16-8(14)3-2-6(10)11/h2-4H,1H3,(H,12,13)/b3-2?,5-4-. The van der Waals surface area contributed by atoms with E-state index in [1.165, 1.54) is 6.92 Å². The fourth-order valence-corrected chi connectivity index (χ4v) is 0.647. The molecule has 7 heteroatoms. The summed E-state index contributed by atoms with van der Waals surface area (Å²) in [7, 11) is 0. The van der Waals surface area contributed by atoms with Crippen molar-refractivity contribution in [1.29, 1.82) is 0 Å². The second-order valence-corrected chi connectivity index (χ2v) is 2.88. The van der Waals surface area contributed by atoms with Gasteiger partial charge in [-0.2, -0.15) is 0 Å². The molecule has 0 spiro atoms. The molecule has 0 unspecified atom stereocenters. The third kappa shape index (κ3) is 6.50. The van der Waals surface area contributed by atoms with Crippen LogP contribution in [0.5, 0.6) is 0 Å². The summed E-state index contributed by atoms with van der Waals surface area (Å²) < 4.78 is 4.16. The molecule has 0 aromatic heterocycles. The van der Waals surface area contributed by atoms with Crippen molar-refractivity contribution in [2.75, 3.05) is 0 Å². The maximum Gasteiger partial charge on any atom is 0.341 e. The molecule has 0 rings (SSSR count). The van der Waals surface area contributed by atoms with Crippen LogP contribution < -0.4 is 0 Å². The Morgan fingerprint density at radius 2 is 1.75 bits per heavy atom. The molecule has 0 radical (unpaired) electrons. The molecule has 0 heterocycles. The van der Waals surface area contributed by atoms with Crippen molar-refractivity contribution >= 4 is 34.8 Å². The van der Waals surface area contributed by atoms with Crippen LogP contribution in [-0.2, 0) is 23.9 Å². The first-order chi connectivity index (χ1) is 7.32. The number of carboxylic acids is 1. The van der Waals surface area contributed by atoms with Gasteiger partial charge in [0.15, 0.2) is 0 Å². The fraction of sp³-hybridized carbons (Fsp3) is 0.111. The number of hydrogen-bond acceptors (Lipinski definition) is 5. The molecule has 86 valence electrons. The minimum absolute atomic E-state index is 0.258. The van der Waals surface area contributed by atoms with E-state index < -0.39 is 23.2 Å². The summed E-state index contributed by atoms with van der Waals surface area (Å²) in [5.41, 5.74) is -0.258. The molecule has 0 atom stereocenters. The highest BCUT2D eigenvalue weighted by atomic mass is 35.5. The summed E-state index contributed by atoms with van der Waals surface area (Å²) in [5, 5.41) is 7.40. The van der Waals surface area contributed by atoms with Gasteiger partial charge in [0.25, 0.3) is 0 Å². The molecule has 0 saturated carbocycles. The fourth-order valence-electron chi connectivity index (χ4n) is 0.584. The highest BCUT2D eigenvalue weighted by Crippen LogP contribution is 1.97. The van der Waals surface area contributed by atoms with Gasteiger partial charge in [-0.15, -0.1) is 0 Å². The van der Waals surface area contributed by atoms with Crippen LogP contribution in [0.3, 0.4) is 0 Å². The van der Waals surface area contributed by atoms with Gasteiger partial charge in [0, 0.05) is 23.8 Å². The van der Waals surface area contributed by atoms with E-state index in [0.717, 1.165) is 0 Å². The molecule has 0 fully saturated rings. The molecule has 0 aliphatic rings. The number of allylic oxidation sites excluding steroid dienone is 1. The van der Waals surface area contributed by atoms with Crippen molar-refractivity contribution in [1.82, 2.24) is 0 Å². The van der Waals surface area contributed by atoms with Gasteiger partial charge in [0.2, 0.25) is 5.24 Å². The van der Waals surface area contributed by atoms with Crippen LogP contribution in [0.15, 0.2) is 23.8 Å². The molecule has 0 amide bonds. The maximum absolute atomic E-state index is 11.0. The van der Waals surface area contributed by atoms with E-state index >= 15 is 0 Å². The Labute approximate surface area is 95.1 Å². The van der Waals surface area contributed by atoms with Gasteiger partial charge >= 0.3 is 17.9 Å². The minimum atomic E-state index is -1.34. The average molecular weight is 247 g/mol. The second kappa shape index (κ2) is 6.52. The summed E-state index contributed by atoms with van der Waals surface area (Å²) in [6.07, 6.45) is 1.95. The van der Waals surface area contributed by atoms with E-state index in [0.29, 0.717) is 18.2 Å². The van der Waals surface area contributed by atoms with Gasteiger partial charge in [0.1, 0.15) is 0 Å². The lowest BCUT2D eigenvalue weighted by molar-refractivity contribution is -0.153. The number of aliphatic carboxylic acids is 1. The minimum Gasteiger partial charge on any atom is -0.478 e. The SMILES string of the molecule is C/C(=C/C(=O)O)C(=O)OC(=O)C=CC(=O)Cl. The topological polar surface area (TPSA) is 97.7 Å². The number of carbonyl (C=O) groups is 4. The zero-order chi connectivity index (χ0) is 12.7. The number of rotatable bonds is 4. The highest BCUT2D eigenvalue weighted by molar-refractivity contribution is 6.66. The van der Waals surface area contributed by atoms with E-state index in [4.69, 9.17) is 16.7 Å². The lowest BCUT2D eigenvalue weighted by Crippen LogP contribution is -2.12. The number of carbonyl (C=O) groups excluding carboxylic acids is 3. The molecule has 16 heavy (non-hydrogen) atoms. The summed E-state index contributed by atoms with van der Waals surface area (Å²) in [6, 6.07) is 0. The molecular formula is C9H7ClO6. The zero-order valence-corrected chi connectivity index (χ0v) is 8.85. The number of carboxylic acid groups (broad SMARTS) is 1. The van der Waals surface area contributed by atoms with Crippen LogP contribution in [-0.4, -0.2) is 28.3 Å². The Balaban J connectivity index is 4.41. The van der Waals surface area contributed by atoms with Crippen LogP contribution in [0.4, 0.5) is 0 Å². The molecule has 0 bridgehead atoms. The molecule has 0 aromatic rings. The van der Waals surface area contributed by atoms with Crippen molar-refractivity contribution in [3.63, 3.8) is 0 Å². The van der Waals surface area contributed by atoms with Crippen LogP contribution in [0.25, 0.3) is 0 Å². The summed E-state index contributed by atoms with van der Waals surface area (Å²) in [4.78, 5) is 42.2. The van der Waals surface area contributed by atoms with Gasteiger partial charge in [-0.3, -0.25) is 4.79 Å². The summed E-state index contributed by atoms with van der Waals surface area (Å²) >= 11 is 4.88. The summed E-state index contributed by atoms with van der Waals surface area (Å²) in [6.45, 7) is 1.17. The van der Waals surface area contributed by atoms with E-state index in [1.807, 2.05) is 0 Å². The zero-order valence-electron chi connectivity index (χ0n) is 8.10. The second-order valence-electron chi connectivity index (χ2n) is 2.51. The molecule has 1 N–H and O–H groups in total. The van der Waals surface area contributed by atoms with Gasteiger partial charge in [-0.25, -0.2) is 14.4 Å². The normalized spacial score (nSPS) is 11.2. The van der Waals surface area contributed by atoms with E-state index in [-0.39, 0.29) is 5.57 Å². The van der Waals surface area contributed by atoms with Crippen molar-refractivity contribution < 1.29 is 29.0 Å². The lowest BCUT2D eigenvalue weighted by Gasteiger charge is -1.98. The first kappa shape index (κ1) is 14.1. The van der Waals surface area contributed by atoms with Crippen molar-refractivity contribution in [3.05, 3.63) is 23.8 Å². The monoisotopic (exact) mass is 246 g/mol. The van der Waals surface area contributed by atoms with E-state index in [9.17, 15) is 19.2 Å². The number of halogens is 1. The van der Waals surface area contributed by atoms with Gasteiger partial charge in [-0.1, -0.05) is 0 Å². The first-order valence-electron chi connectivity index (χ1n) is 3.88. The lowest BCUT2D eigenvalue weighted by atomic mass is 10.3. The van der Waals surface area contributed by atoms with Crippen molar-refractivity contribution in [2.45, 2.75) is 6.92 Å². The molecule has 0 aromatic carbocycles. The van der Waals surface area contributed by atoms with Crippen LogP contribution in [0.2, 0.25) is 0 Å². The van der Waals surface area contributed by atoms with Crippen molar-refractivity contribution in [3.8, 4) is 0 Å². The molecule has 0 saturated heterocycles. The van der Waals surface area contributed by atoms with Gasteiger partial charge < -0.3 is 9.84 Å². The third-order valence-corrected chi connectivity index (χ3v) is 1.33. The summed E-state index contributed by atoms with van der Waals surface area (Å²) in [5.74, 6) is -3.57. The average Bonchev–Trinajstić information content (AvgIpc) is 2.13. The quantitative estimate of drug-likeness (QED) is 0.334. The molecule has 6 nitrogen and oxygen atoms in total. The Morgan fingerprint density at radius 3 is 2.19 bits per heavy atom. The first-order valence-corrected chi connectivity index (χ1v) is 4.25. The Morgan fingerprint density at radius 1 is 1.19 bits per heavy atom. The largest absolute Gasteiger partial charge is 0.478 e. The van der Waals surface area contributed by atoms with Crippen molar-refractivity contribution in [2.24, 2.45) is 0 Å². The molecule has 0 aliphatic heterocycles. The van der Waals surface area contributed by atoms with Crippen LogP contribution in [0.1, 0.15) is 6.92 Å². The Bertz CT molecular complexity index is 393.